The second-order valence-corrected chi connectivity index (χ2v) is 4.96. The lowest BCUT2D eigenvalue weighted by Gasteiger charge is -2.19. The van der Waals surface area contributed by atoms with Gasteiger partial charge in [-0.05, 0) is 36.6 Å². The summed E-state index contributed by atoms with van der Waals surface area (Å²) in [4.78, 5) is 0. The number of benzene rings is 2. The maximum absolute atomic E-state index is 13.4. The fraction of sp³-hybridized carbons (Fsp3) is 0.294. The molecule has 3 heteroatoms. The molecule has 1 unspecified atom stereocenters. The molecule has 0 aliphatic carbocycles. The summed E-state index contributed by atoms with van der Waals surface area (Å²) in [5.74, 6) is -0.199. The predicted molar refractivity (Wildman–Crippen MR) is 79.2 cm³/mol. The highest BCUT2D eigenvalue weighted by Gasteiger charge is 2.15. The Kier molecular flexibility index (Phi) is 4.88. The van der Waals surface area contributed by atoms with Gasteiger partial charge in [0.1, 0.15) is 11.9 Å². The van der Waals surface area contributed by atoms with Gasteiger partial charge in [0, 0.05) is 6.54 Å². The number of nitrogens with two attached hydrogens (primary N) is 1. The molecule has 0 heterocycles. The Balaban J connectivity index is 2.38. The molecule has 2 aromatic rings. The zero-order valence-electron chi connectivity index (χ0n) is 11.9. The molecule has 1 atom stereocenters. The first-order valence-electron chi connectivity index (χ1n) is 6.76. The van der Waals surface area contributed by atoms with Crippen molar-refractivity contribution in [1.82, 2.24) is 0 Å². The molecule has 20 heavy (non-hydrogen) atoms. The van der Waals surface area contributed by atoms with E-state index in [1.807, 2.05) is 31.2 Å². The Morgan fingerprint density at radius 1 is 1.10 bits per heavy atom. The van der Waals surface area contributed by atoms with Crippen molar-refractivity contribution in [3.8, 4) is 0 Å². The smallest absolute Gasteiger partial charge is 0.126 e. The molecule has 2 aromatic carbocycles. The van der Waals surface area contributed by atoms with Crippen molar-refractivity contribution in [2.75, 3.05) is 13.2 Å². The highest BCUT2D eigenvalue weighted by atomic mass is 19.1. The minimum atomic E-state index is -0.210. The van der Waals surface area contributed by atoms with E-state index in [1.165, 1.54) is 11.6 Å². The molecule has 0 saturated heterocycles. The molecule has 106 valence electrons. The molecule has 0 aliphatic rings. The van der Waals surface area contributed by atoms with Crippen molar-refractivity contribution in [1.29, 1.82) is 0 Å². The van der Waals surface area contributed by atoms with Crippen LogP contribution in [0.3, 0.4) is 0 Å². The van der Waals surface area contributed by atoms with Gasteiger partial charge in [0.15, 0.2) is 0 Å². The topological polar surface area (TPSA) is 35.2 Å². The normalized spacial score (nSPS) is 12.4. The van der Waals surface area contributed by atoms with Crippen molar-refractivity contribution in [2.45, 2.75) is 20.0 Å². The fourth-order valence-electron chi connectivity index (χ4n) is 2.23. The summed E-state index contributed by atoms with van der Waals surface area (Å²) >= 11 is 0. The minimum absolute atomic E-state index is 0.199. The molecule has 0 aromatic heterocycles. The number of halogens is 1. The quantitative estimate of drug-likeness (QED) is 0.904. The average molecular weight is 273 g/mol. The summed E-state index contributed by atoms with van der Waals surface area (Å²) in [6.45, 7) is 4.73. The van der Waals surface area contributed by atoms with E-state index in [-0.39, 0.29) is 11.9 Å². The molecule has 0 bridgehead atoms. The Labute approximate surface area is 119 Å². The van der Waals surface area contributed by atoms with E-state index in [0.717, 1.165) is 11.1 Å². The second-order valence-electron chi connectivity index (χ2n) is 4.96. The third kappa shape index (κ3) is 3.44. The third-order valence-electron chi connectivity index (χ3n) is 3.23. The molecule has 0 amide bonds. The van der Waals surface area contributed by atoms with E-state index in [4.69, 9.17) is 10.5 Å². The van der Waals surface area contributed by atoms with Gasteiger partial charge in [-0.25, -0.2) is 4.39 Å². The zero-order chi connectivity index (χ0) is 14.5. The van der Waals surface area contributed by atoms with Crippen molar-refractivity contribution < 1.29 is 9.13 Å². The monoisotopic (exact) mass is 273 g/mol. The molecule has 0 saturated carbocycles. The summed E-state index contributed by atoms with van der Waals surface area (Å²) in [5, 5.41) is 0. The van der Waals surface area contributed by atoms with Crippen LogP contribution in [0.2, 0.25) is 0 Å². The third-order valence-corrected chi connectivity index (χ3v) is 3.23. The van der Waals surface area contributed by atoms with E-state index < -0.39 is 0 Å². The van der Waals surface area contributed by atoms with Crippen LogP contribution < -0.4 is 5.73 Å². The molecule has 2 N–H and O–H groups in total. The zero-order valence-corrected chi connectivity index (χ0v) is 11.9. The molecule has 0 spiro atoms. The van der Waals surface area contributed by atoms with Crippen molar-refractivity contribution in [3.63, 3.8) is 0 Å². The Morgan fingerprint density at radius 3 is 2.50 bits per heavy atom. The number of ether oxygens (including phenoxy) is 1. The molecule has 0 aliphatic heterocycles. The van der Waals surface area contributed by atoms with Crippen LogP contribution in [0.1, 0.15) is 28.4 Å². The van der Waals surface area contributed by atoms with E-state index in [9.17, 15) is 4.39 Å². The summed E-state index contributed by atoms with van der Waals surface area (Å²) in [6.07, 6.45) is -0.210. The van der Waals surface area contributed by atoms with E-state index in [2.05, 4.69) is 6.07 Å². The Hall–Kier alpha value is -1.71. The fourth-order valence-corrected chi connectivity index (χ4v) is 2.23. The molecule has 0 fully saturated rings. The van der Waals surface area contributed by atoms with Gasteiger partial charge in [-0.2, -0.15) is 0 Å². The summed E-state index contributed by atoms with van der Waals surface area (Å²) in [5.41, 5.74) is 9.33. The summed E-state index contributed by atoms with van der Waals surface area (Å²) < 4.78 is 19.3. The van der Waals surface area contributed by atoms with E-state index in [0.29, 0.717) is 18.7 Å². The molecule has 2 nitrogen and oxygen atoms in total. The Morgan fingerprint density at radius 2 is 1.85 bits per heavy atom. The van der Waals surface area contributed by atoms with Crippen LogP contribution in [0.5, 0.6) is 0 Å². The molecular weight excluding hydrogens is 253 g/mol. The lowest BCUT2D eigenvalue weighted by Crippen LogP contribution is -2.14. The van der Waals surface area contributed by atoms with Gasteiger partial charge < -0.3 is 10.5 Å². The van der Waals surface area contributed by atoms with Crippen LogP contribution in [0.4, 0.5) is 4.39 Å². The van der Waals surface area contributed by atoms with Gasteiger partial charge in [0.05, 0.1) is 6.61 Å². The van der Waals surface area contributed by atoms with Crippen LogP contribution >= 0.6 is 0 Å². The largest absolute Gasteiger partial charge is 0.367 e. The van der Waals surface area contributed by atoms with E-state index in [1.54, 1.807) is 13.0 Å². The van der Waals surface area contributed by atoms with Gasteiger partial charge in [-0.15, -0.1) is 0 Å². The summed E-state index contributed by atoms with van der Waals surface area (Å²) in [7, 11) is 0. The van der Waals surface area contributed by atoms with Crippen molar-refractivity contribution in [2.24, 2.45) is 5.73 Å². The highest BCUT2D eigenvalue weighted by molar-refractivity contribution is 5.34. The van der Waals surface area contributed by atoms with E-state index >= 15 is 0 Å². The molecule has 2 rings (SSSR count). The first kappa shape index (κ1) is 14.7. The highest BCUT2D eigenvalue weighted by Crippen LogP contribution is 2.27. The van der Waals surface area contributed by atoms with Crippen molar-refractivity contribution >= 4 is 0 Å². The SMILES string of the molecule is Cc1cccc(C(OCCN)c2ccc(F)c(C)c2)c1. The first-order chi connectivity index (χ1) is 9.61. The Bertz CT molecular complexity index is 583. The second kappa shape index (κ2) is 6.64. The van der Waals surface area contributed by atoms with Crippen LogP contribution in [-0.4, -0.2) is 13.2 Å². The first-order valence-corrected chi connectivity index (χ1v) is 6.76. The molecular formula is C17H20FNO. The van der Waals surface area contributed by atoms with Crippen LogP contribution in [0.25, 0.3) is 0 Å². The van der Waals surface area contributed by atoms with Gasteiger partial charge >= 0.3 is 0 Å². The lowest BCUT2D eigenvalue weighted by molar-refractivity contribution is 0.0863. The van der Waals surface area contributed by atoms with Gasteiger partial charge in [0.2, 0.25) is 0 Å². The molecule has 0 radical (unpaired) electrons. The summed E-state index contributed by atoms with van der Waals surface area (Å²) in [6, 6.07) is 13.2. The minimum Gasteiger partial charge on any atom is -0.367 e. The van der Waals surface area contributed by atoms with Crippen LogP contribution in [-0.2, 0) is 4.74 Å². The lowest BCUT2D eigenvalue weighted by atomic mass is 9.98. The van der Waals surface area contributed by atoms with Crippen LogP contribution in [0, 0.1) is 19.7 Å². The van der Waals surface area contributed by atoms with Gasteiger partial charge in [-0.1, -0.05) is 42.0 Å². The maximum Gasteiger partial charge on any atom is 0.126 e. The van der Waals surface area contributed by atoms with Crippen LogP contribution in [0.15, 0.2) is 42.5 Å². The predicted octanol–water partition coefficient (Wildman–Crippen LogP) is 3.51. The van der Waals surface area contributed by atoms with Gasteiger partial charge in [-0.3, -0.25) is 0 Å². The number of rotatable bonds is 5. The average Bonchev–Trinajstić information content (AvgIpc) is 2.43. The number of hydrogen-bond donors (Lipinski definition) is 1. The maximum atomic E-state index is 13.4. The van der Waals surface area contributed by atoms with Gasteiger partial charge in [0.25, 0.3) is 0 Å². The number of aryl methyl sites for hydroxylation is 2. The standard InChI is InChI=1S/C17H20FNO/c1-12-4-3-5-14(10-12)17(20-9-8-19)15-6-7-16(18)13(2)11-15/h3-7,10-11,17H,8-9,19H2,1-2H3. The van der Waals surface area contributed by atoms with Crippen molar-refractivity contribution in [3.05, 3.63) is 70.5 Å². The number of hydrogen-bond acceptors (Lipinski definition) is 2.